The molecule has 0 aliphatic heterocycles. The van der Waals surface area contributed by atoms with E-state index in [1.165, 1.54) is 4.88 Å². The molecule has 0 aromatic carbocycles. The molecule has 0 saturated carbocycles. The van der Waals surface area contributed by atoms with Crippen LogP contribution in [-0.4, -0.2) is 12.6 Å². The van der Waals surface area contributed by atoms with Crippen LogP contribution in [0.25, 0.3) is 0 Å². The van der Waals surface area contributed by atoms with E-state index >= 15 is 0 Å². The molecular formula is C11H16O2S2. The van der Waals surface area contributed by atoms with Gasteiger partial charge in [-0.3, -0.25) is 0 Å². The van der Waals surface area contributed by atoms with Gasteiger partial charge < -0.3 is 4.74 Å². The van der Waals surface area contributed by atoms with Gasteiger partial charge in [0.1, 0.15) is 0 Å². The summed E-state index contributed by atoms with van der Waals surface area (Å²) in [6.45, 7) is 6.52. The lowest BCUT2D eigenvalue weighted by Gasteiger charge is -2.00. The van der Waals surface area contributed by atoms with E-state index in [1.54, 1.807) is 18.3 Å². The molecule has 0 aliphatic carbocycles. The van der Waals surface area contributed by atoms with Gasteiger partial charge in [0.2, 0.25) is 0 Å². The summed E-state index contributed by atoms with van der Waals surface area (Å²) >= 11 is 5.85. The van der Waals surface area contributed by atoms with Gasteiger partial charge in [-0.15, -0.1) is 24.0 Å². The van der Waals surface area contributed by atoms with Crippen molar-refractivity contribution in [1.82, 2.24) is 0 Å². The molecule has 1 heterocycles. The predicted octanol–water partition coefficient (Wildman–Crippen LogP) is 3.41. The molecule has 0 saturated heterocycles. The lowest BCUT2D eigenvalue weighted by atomic mass is 10.1. The molecule has 15 heavy (non-hydrogen) atoms. The van der Waals surface area contributed by atoms with Gasteiger partial charge in [-0.25, -0.2) is 4.79 Å². The minimum Gasteiger partial charge on any atom is -0.462 e. The Hall–Kier alpha value is -0.480. The van der Waals surface area contributed by atoms with Crippen LogP contribution < -0.4 is 0 Å². The van der Waals surface area contributed by atoms with E-state index in [1.807, 2.05) is 6.07 Å². The first kappa shape index (κ1) is 12.6. The Kier molecular flexibility index (Phi) is 4.67. The van der Waals surface area contributed by atoms with Gasteiger partial charge in [0.25, 0.3) is 0 Å². The van der Waals surface area contributed by atoms with Crippen molar-refractivity contribution in [3.63, 3.8) is 0 Å². The molecular weight excluding hydrogens is 228 g/mol. The SMILES string of the molecule is CCOC(=O)c1cc(CC(C)C)sc1S. The first-order valence-electron chi connectivity index (χ1n) is 5.03. The number of hydrogen-bond donors (Lipinski definition) is 1. The van der Waals surface area contributed by atoms with Crippen LogP contribution in [0.2, 0.25) is 0 Å². The maximum atomic E-state index is 11.5. The van der Waals surface area contributed by atoms with Crippen molar-refractivity contribution in [3.05, 3.63) is 16.5 Å². The average molecular weight is 244 g/mol. The Morgan fingerprint density at radius 1 is 1.60 bits per heavy atom. The van der Waals surface area contributed by atoms with Crippen LogP contribution in [0.1, 0.15) is 36.0 Å². The number of carbonyl (C=O) groups is 1. The zero-order valence-electron chi connectivity index (χ0n) is 9.24. The third-order valence-corrected chi connectivity index (χ3v) is 3.34. The zero-order valence-corrected chi connectivity index (χ0v) is 11.0. The number of esters is 1. The van der Waals surface area contributed by atoms with Crippen LogP contribution in [0, 0.1) is 5.92 Å². The Morgan fingerprint density at radius 3 is 2.80 bits per heavy atom. The molecule has 0 atom stereocenters. The molecule has 0 radical (unpaired) electrons. The highest BCUT2D eigenvalue weighted by Gasteiger charge is 2.15. The number of ether oxygens (including phenoxy) is 1. The fourth-order valence-corrected chi connectivity index (χ4v) is 2.89. The highest BCUT2D eigenvalue weighted by atomic mass is 32.2. The first-order valence-corrected chi connectivity index (χ1v) is 6.29. The van der Waals surface area contributed by atoms with Crippen LogP contribution in [0.5, 0.6) is 0 Å². The van der Waals surface area contributed by atoms with E-state index in [0.717, 1.165) is 10.6 Å². The Morgan fingerprint density at radius 2 is 2.27 bits per heavy atom. The molecule has 0 bridgehead atoms. The van der Waals surface area contributed by atoms with Crippen molar-refractivity contribution in [2.75, 3.05) is 6.61 Å². The summed E-state index contributed by atoms with van der Waals surface area (Å²) in [4.78, 5) is 12.7. The monoisotopic (exact) mass is 244 g/mol. The fourth-order valence-electron chi connectivity index (χ4n) is 1.29. The minimum absolute atomic E-state index is 0.270. The number of thiophene rings is 1. The molecule has 1 aromatic rings. The Balaban J connectivity index is 2.81. The number of carbonyl (C=O) groups excluding carboxylic acids is 1. The van der Waals surface area contributed by atoms with E-state index in [9.17, 15) is 4.79 Å². The Bertz CT molecular complexity index is 342. The van der Waals surface area contributed by atoms with Crippen molar-refractivity contribution < 1.29 is 9.53 Å². The lowest BCUT2D eigenvalue weighted by molar-refractivity contribution is 0.0523. The maximum Gasteiger partial charge on any atom is 0.340 e. The summed E-state index contributed by atoms with van der Waals surface area (Å²) in [5, 5.41) is 0. The predicted molar refractivity (Wildman–Crippen MR) is 66.1 cm³/mol. The van der Waals surface area contributed by atoms with E-state index in [-0.39, 0.29) is 5.97 Å². The highest BCUT2D eigenvalue weighted by molar-refractivity contribution is 7.83. The van der Waals surface area contributed by atoms with Crippen molar-refractivity contribution in [2.45, 2.75) is 31.4 Å². The Labute approximate surface area is 100 Å². The van der Waals surface area contributed by atoms with E-state index < -0.39 is 0 Å². The summed E-state index contributed by atoms with van der Waals surface area (Å²) in [6.07, 6.45) is 0.984. The van der Waals surface area contributed by atoms with Crippen molar-refractivity contribution in [2.24, 2.45) is 5.92 Å². The molecule has 0 unspecified atom stereocenters. The molecule has 84 valence electrons. The topological polar surface area (TPSA) is 26.3 Å². The second-order valence-electron chi connectivity index (χ2n) is 3.75. The van der Waals surface area contributed by atoms with Crippen LogP contribution in [0.15, 0.2) is 10.3 Å². The van der Waals surface area contributed by atoms with Gasteiger partial charge in [0, 0.05) is 4.88 Å². The summed E-state index contributed by atoms with van der Waals surface area (Å²) in [5.74, 6) is 0.320. The maximum absolute atomic E-state index is 11.5. The normalized spacial score (nSPS) is 10.7. The van der Waals surface area contributed by atoms with Gasteiger partial charge in [-0.1, -0.05) is 13.8 Å². The standard InChI is InChI=1S/C11H16O2S2/c1-4-13-10(12)9-6-8(5-7(2)3)15-11(9)14/h6-7,14H,4-5H2,1-3H3. The fraction of sp³-hybridized carbons (Fsp3) is 0.545. The van der Waals surface area contributed by atoms with Gasteiger partial charge in [0.05, 0.1) is 16.4 Å². The smallest absolute Gasteiger partial charge is 0.340 e. The third kappa shape index (κ3) is 3.54. The summed E-state index contributed by atoms with van der Waals surface area (Å²) in [6, 6.07) is 1.89. The summed E-state index contributed by atoms with van der Waals surface area (Å²) in [7, 11) is 0. The van der Waals surface area contributed by atoms with Crippen molar-refractivity contribution in [3.8, 4) is 0 Å². The van der Waals surface area contributed by atoms with Crippen molar-refractivity contribution in [1.29, 1.82) is 0 Å². The van der Waals surface area contributed by atoms with Crippen molar-refractivity contribution >= 4 is 29.9 Å². The van der Waals surface area contributed by atoms with Crippen LogP contribution in [-0.2, 0) is 11.2 Å². The highest BCUT2D eigenvalue weighted by Crippen LogP contribution is 2.28. The lowest BCUT2D eigenvalue weighted by Crippen LogP contribution is -2.03. The summed E-state index contributed by atoms with van der Waals surface area (Å²) < 4.78 is 5.70. The second-order valence-corrected chi connectivity index (χ2v) is 5.64. The number of hydrogen-bond acceptors (Lipinski definition) is 4. The summed E-state index contributed by atoms with van der Waals surface area (Å²) in [5.41, 5.74) is 0.598. The van der Waals surface area contributed by atoms with E-state index in [0.29, 0.717) is 18.1 Å². The van der Waals surface area contributed by atoms with Gasteiger partial charge in [-0.2, -0.15) is 0 Å². The van der Waals surface area contributed by atoms with Gasteiger partial charge in [-0.05, 0) is 25.3 Å². The number of thiol groups is 1. The number of rotatable bonds is 4. The molecule has 0 amide bonds. The molecule has 0 fully saturated rings. The average Bonchev–Trinajstić information content (AvgIpc) is 2.46. The molecule has 0 N–H and O–H groups in total. The van der Waals surface area contributed by atoms with E-state index in [4.69, 9.17) is 4.74 Å². The second kappa shape index (κ2) is 5.56. The minimum atomic E-state index is -0.270. The van der Waals surface area contributed by atoms with E-state index in [2.05, 4.69) is 26.5 Å². The van der Waals surface area contributed by atoms with Gasteiger partial charge in [0.15, 0.2) is 0 Å². The molecule has 2 nitrogen and oxygen atoms in total. The third-order valence-electron chi connectivity index (χ3n) is 1.87. The molecule has 1 aromatic heterocycles. The zero-order chi connectivity index (χ0) is 11.4. The first-order chi connectivity index (χ1) is 7.04. The van der Waals surface area contributed by atoms with Crippen LogP contribution in [0.4, 0.5) is 0 Å². The quantitative estimate of drug-likeness (QED) is 0.649. The molecule has 4 heteroatoms. The van der Waals surface area contributed by atoms with Crippen LogP contribution >= 0.6 is 24.0 Å². The van der Waals surface area contributed by atoms with Gasteiger partial charge >= 0.3 is 5.97 Å². The molecule has 1 rings (SSSR count). The molecule has 0 spiro atoms. The largest absolute Gasteiger partial charge is 0.462 e. The van der Waals surface area contributed by atoms with Crippen LogP contribution in [0.3, 0.4) is 0 Å². The molecule has 0 aliphatic rings.